The average molecular weight is 272 g/mol. The van der Waals surface area contributed by atoms with Crippen LogP contribution in [0, 0.1) is 35.0 Å². The van der Waals surface area contributed by atoms with Crippen molar-refractivity contribution in [3.05, 3.63) is 11.6 Å². The van der Waals surface area contributed by atoms with Gasteiger partial charge in [0.05, 0.1) is 0 Å². The van der Waals surface area contributed by atoms with Crippen LogP contribution in [0.5, 0.6) is 0 Å². The molecule has 0 aromatic carbocycles. The molecule has 0 amide bonds. The molecule has 110 valence electrons. The van der Waals surface area contributed by atoms with Gasteiger partial charge in [-0.2, -0.15) is 0 Å². The number of carbonyl (C=O) groups is 1. The van der Waals surface area contributed by atoms with E-state index in [1.165, 1.54) is 37.7 Å². The van der Waals surface area contributed by atoms with Crippen LogP contribution in [-0.2, 0) is 4.79 Å². The highest BCUT2D eigenvalue weighted by Gasteiger charge is 2.53. The predicted octanol–water partition coefficient (Wildman–Crippen LogP) is 4.76. The van der Waals surface area contributed by atoms with E-state index in [0.29, 0.717) is 17.1 Å². The van der Waals surface area contributed by atoms with Crippen molar-refractivity contribution in [2.45, 2.75) is 65.2 Å². The van der Waals surface area contributed by atoms with E-state index in [0.717, 1.165) is 42.9 Å². The fourth-order valence-electron chi connectivity index (χ4n) is 6.51. The summed E-state index contributed by atoms with van der Waals surface area (Å²) >= 11 is 0. The van der Waals surface area contributed by atoms with Gasteiger partial charge in [0.25, 0.3) is 0 Å². The third kappa shape index (κ3) is 1.77. The molecule has 0 aliphatic heterocycles. The summed E-state index contributed by atoms with van der Waals surface area (Å²) in [6.07, 6.45) is 12.6. The number of hydrogen-bond acceptors (Lipinski definition) is 1. The third-order valence-corrected chi connectivity index (χ3v) is 7.38. The minimum atomic E-state index is 0.486. The zero-order valence-corrected chi connectivity index (χ0v) is 13.0. The van der Waals surface area contributed by atoms with E-state index in [2.05, 4.69) is 19.9 Å². The molecule has 0 heterocycles. The minimum Gasteiger partial charge on any atom is -0.299 e. The Labute approximate surface area is 123 Å². The first-order valence-corrected chi connectivity index (χ1v) is 8.81. The largest absolute Gasteiger partial charge is 0.299 e. The van der Waals surface area contributed by atoms with Gasteiger partial charge in [-0.3, -0.25) is 4.79 Å². The molecular weight excluding hydrogens is 244 g/mol. The molecule has 0 saturated heterocycles. The molecule has 6 atom stereocenters. The number of ketones is 1. The highest BCUT2D eigenvalue weighted by atomic mass is 16.1. The quantitative estimate of drug-likeness (QED) is 0.581. The van der Waals surface area contributed by atoms with Crippen molar-refractivity contribution in [3.63, 3.8) is 0 Å². The first-order valence-electron chi connectivity index (χ1n) is 8.81. The topological polar surface area (TPSA) is 17.1 Å². The van der Waals surface area contributed by atoms with Crippen molar-refractivity contribution in [2.24, 2.45) is 35.0 Å². The van der Waals surface area contributed by atoms with Crippen molar-refractivity contribution in [3.8, 4) is 0 Å². The van der Waals surface area contributed by atoms with Crippen molar-refractivity contribution in [1.82, 2.24) is 0 Å². The Bertz CT molecular complexity index is 462. The maximum atomic E-state index is 11.8. The van der Waals surface area contributed by atoms with E-state index < -0.39 is 0 Å². The molecule has 0 N–H and O–H groups in total. The molecule has 1 heteroatoms. The Kier molecular flexibility index (Phi) is 2.91. The molecule has 4 aliphatic carbocycles. The first-order chi connectivity index (χ1) is 9.58. The standard InChI is InChI=1S/C19H28O/c1-12-10-13-11-14(20)5-6-15(13)16-7-9-19(2)8-3-4-17(19)18(12)16/h10,12,15-18H,3-9,11H2,1-2H3/t12-,15+,16-,17+,18-,19+/m1/s1. The van der Waals surface area contributed by atoms with E-state index in [1.807, 2.05) is 0 Å². The lowest BCUT2D eigenvalue weighted by molar-refractivity contribution is -0.120. The van der Waals surface area contributed by atoms with Gasteiger partial charge in [-0.1, -0.05) is 31.9 Å². The smallest absolute Gasteiger partial charge is 0.136 e. The van der Waals surface area contributed by atoms with Gasteiger partial charge in [-0.25, -0.2) is 0 Å². The molecular formula is C19H28O. The Morgan fingerprint density at radius 1 is 1.20 bits per heavy atom. The summed E-state index contributed by atoms with van der Waals surface area (Å²) in [6, 6.07) is 0. The van der Waals surface area contributed by atoms with Crippen molar-refractivity contribution < 1.29 is 4.79 Å². The molecule has 0 aromatic rings. The zero-order chi connectivity index (χ0) is 13.9. The predicted molar refractivity (Wildman–Crippen MR) is 81.3 cm³/mol. The van der Waals surface area contributed by atoms with Crippen LogP contribution >= 0.6 is 0 Å². The van der Waals surface area contributed by atoms with Gasteiger partial charge < -0.3 is 0 Å². The number of fused-ring (bicyclic) bond motifs is 5. The highest BCUT2D eigenvalue weighted by Crippen LogP contribution is 2.62. The molecule has 3 fully saturated rings. The molecule has 0 bridgehead atoms. The lowest BCUT2D eigenvalue weighted by Gasteiger charge is -2.54. The van der Waals surface area contributed by atoms with Crippen LogP contribution in [0.15, 0.2) is 11.6 Å². The summed E-state index contributed by atoms with van der Waals surface area (Å²) in [6.45, 7) is 5.00. The van der Waals surface area contributed by atoms with Gasteiger partial charge in [0, 0.05) is 12.8 Å². The lowest BCUT2D eigenvalue weighted by atomic mass is 9.51. The zero-order valence-electron chi connectivity index (χ0n) is 13.0. The van der Waals surface area contributed by atoms with Crippen LogP contribution in [0.4, 0.5) is 0 Å². The van der Waals surface area contributed by atoms with Crippen LogP contribution in [0.25, 0.3) is 0 Å². The maximum Gasteiger partial charge on any atom is 0.136 e. The third-order valence-electron chi connectivity index (χ3n) is 7.38. The van der Waals surface area contributed by atoms with E-state index >= 15 is 0 Å². The van der Waals surface area contributed by atoms with Gasteiger partial charge in [0.1, 0.15) is 5.78 Å². The molecule has 1 nitrogen and oxygen atoms in total. The second-order valence-electron chi connectivity index (χ2n) is 8.39. The van der Waals surface area contributed by atoms with Crippen molar-refractivity contribution >= 4 is 5.78 Å². The van der Waals surface area contributed by atoms with E-state index in [-0.39, 0.29) is 0 Å². The van der Waals surface area contributed by atoms with Gasteiger partial charge in [-0.05, 0) is 67.1 Å². The Morgan fingerprint density at radius 2 is 2.05 bits per heavy atom. The Hall–Kier alpha value is -0.590. The van der Waals surface area contributed by atoms with Crippen molar-refractivity contribution in [2.75, 3.05) is 0 Å². The van der Waals surface area contributed by atoms with Gasteiger partial charge in [-0.15, -0.1) is 0 Å². The van der Waals surface area contributed by atoms with Gasteiger partial charge >= 0.3 is 0 Å². The number of Topliss-reactive ketones (excluding diaryl/α,β-unsaturated/α-hetero) is 1. The summed E-state index contributed by atoms with van der Waals surface area (Å²) in [7, 11) is 0. The van der Waals surface area contributed by atoms with Crippen LogP contribution in [0.1, 0.15) is 65.2 Å². The monoisotopic (exact) mass is 272 g/mol. The van der Waals surface area contributed by atoms with E-state index in [1.54, 1.807) is 0 Å². The summed E-state index contributed by atoms with van der Waals surface area (Å²) in [5.41, 5.74) is 2.17. The number of hydrogen-bond donors (Lipinski definition) is 0. The summed E-state index contributed by atoms with van der Waals surface area (Å²) in [4.78, 5) is 11.8. The minimum absolute atomic E-state index is 0.486. The molecule has 4 aliphatic rings. The fourth-order valence-corrected chi connectivity index (χ4v) is 6.51. The summed E-state index contributed by atoms with van der Waals surface area (Å²) in [5, 5.41) is 0. The van der Waals surface area contributed by atoms with Gasteiger partial charge in [0.15, 0.2) is 0 Å². The molecule has 0 aromatic heterocycles. The Morgan fingerprint density at radius 3 is 2.90 bits per heavy atom. The highest BCUT2D eigenvalue weighted by molar-refractivity contribution is 5.82. The molecule has 3 saturated carbocycles. The Balaban J connectivity index is 1.69. The van der Waals surface area contributed by atoms with Crippen LogP contribution in [-0.4, -0.2) is 5.78 Å². The van der Waals surface area contributed by atoms with Gasteiger partial charge in [0.2, 0.25) is 0 Å². The van der Waals surface area contributed by atoms with Crippen LogP contribution in [0.3, 0.4) is 0 Å². The molecule has 20 heavy (non-hydrogen) atoms. The van der Waals surface area contributed by atoms with Crippen LogP contribution in [0.2, 0.25) is 0 Å². The maximum absolute atomic E-state index is 11.8. The van der Waals surface area contributed by atoms with E-state index in [9.17, 15) is 4.79 Å². The second kappa shape index (κ2) is 4.45. The average Bonchev–Trinajstić information content (AvgIpc) is 2.79. The summed E-state index contributed by atoms with van der Waals surface area (Å²) in [5.74, 6) is 4.73. The van der Waals surface area contributed by atoms with Crippen LogP contribution < -0.4 is 0 Å². The first kappa shape index (κ1) is 13.1. The normalized spacial score (nSPS) is 51.0. The molecule has 4 rings (SSSR count). The molecule has 0 spiro atoms. The lowest BCUT2D eigenvalue weighted by Crippen LogP contribution is -2.47. The molecule has 0 radical (unpaired) electrons. The van der Waals surface area contributed by atoms with E-state index in [4.69, 9.17) is 0 Å². The SMILES string of the molecule is C[C@@H]1C=C2CC(=O)CC[C@@H]2[C@H]2CC[C@]3(C)CCC[C@H]3[C@@H]21. The second-order valence-corrected chi connectivity index (χ2v) is 8.39. The molecule has 0 unspecified atom stereocenters. The number of carbonyl (C=O) groups excluding carboxylic acids is 1. The number of rotatable bonds is 0. The fraction of sp³-hybridized carbons (Fsp3) is 0.842. The van der Waals surface area contributed by atoms with Crippen molar-refractivity contribution in [1.29, 1.82) is 0 Å². The number of allylic oxidation sites excluding steroid dienone is 2. The summed E-state index contributed by atoms with van der Waals surface area (Å²) < 4.78 is 0.